The lowest BCUT2D eigenvalue weighted by Crippen LogP contribution is -2.20. The molecule has 50 valence electrons. The van der Waals surface area contributed by atoms with Gasteiger partial charge in [0.2, 0.25) is 5.12 Å². The summed E-state index contributed by atoms with van der Waals surface area (Å²) >= 11 is 3.65. The normalized spacial score (nSPS) is 12.0. The van der Waals surface area contributed by atoms with Crippen molar-refractivity contribution in [2.45, 2.75) is 24.9 Å². The fraction of sp³-hybridized carbons (Fsp3) is 1.00. The Hall–Kier alpha value is 0.620. The molecule has 0 spiro atoms. The van der Waals surface area contributed by atoms with Gasteiger partial charge in [-0.2, -0.15) is 0 Å². The summed E-state index contributed by atoms with van der Waals surface area (Å²) in [7, 11) is 0.757. The van der Waals surface area contributed by atoms with E-state index in [2.05, 4.69) is 11.7 Å². The largest absolute Gasteiger partial charge is 0.357 e. The van der Waals surface area contributed by atoms with Gasteiger partial charge in [-0.05, 0) is 10.8 Å². The topological polar surface area (TPSA) is 40.5 Å². The maximum Gasteiger partial charge on any atom is 0.222 e. The van der Waals surface area contributed by atoms with E-state index in [4.69, 9.17) is 10.2 Å². The maximum atomic E-state index is 8.77. The van der Waals surface area contributed by atoms with Crippen LogP contribution in [0.1, 0.15) is 19.8 Å². The van der Waals surface area contributed by atoms with Crippen molar-refractivity contribution in [2.75, 3.05) is 0 Å². The second-order valence-corrected chi connectivity index (χ2v) is 2.97. The smallest absolute Gasteiger partial charge is 0.222 e. The fourth-order valence-corrected chi connectivity index (χ4v) is 0.941. The molecule has 0 heterocycles. The minimum Gasteiger partial charge on any atom is -0.357 e. The lowest BCUT2D eigenvalue weighted by Gasteiger charge is -2.15. The van der Waals surface area contributed by atoms with Crippen LogP contribution in [0.3, 0.4) is 0 Å². The van der Waals surface area contributed by atoms with Crippen LogP contribution in [-0.4, -0.2) is 15.3 Å². The van der Waals surface area contributed by atoms with Crippen LogP contribution in [0.15, 0.2) is 0 Å². The van der Waals surface area contributed by atoms with E-state index in [9.17, 15) is 0 Å². The Kier molecular flexibility index (Phi) is 3.89. The highest BCUT2D eigenvalue weighted by atomic mass is 33.1. The third-order valence-corrected chi connectivity index (χ3v) is 2.10. The van der Waals surface area contributed by atoms with Crippen molar-refractivity contribution >= 4 is 22.5 Å². The lowest BCUT2D eigenvalue weighted by atomic mass is 10.3. The number of aliphatic hydroxyl groups is 2. The Morgan fingerprint density at radius 1 is 1.62 bits per heavy atom. The zero-order valence-corrected chi connectivity index (χ0v) is 6.38. The van der Waals surface area contributed by atoms with E-state index in [0.717, 1.165) is 17.2 Å². The van der Waals surface area contributed by atoms with Gasteiger partial charge in [0.1, 0.15) is 0 Å². The highest BCUT2D eigenvalue weighted by Crippen LogP contribution is 2.26. The minimum atomic E-state index is -1.63. The first-order valence-corrected chi connectivity index (χ1v) is 4.26. The van der Waals surface area contributed by atoms with E-state index in [1.165, 1.54) is 0 Å². The number of thiol groups is 1. The predicted molar refractivity (Wildman–Crippen MR) is 38.7 cm³/mol. The van der Waals surface area contributed by atoms with Crippen LogP contribution in [0.5, 0.6) is 0 Å². The van der Waals surface area contributed by atoms with E-state index in [1.807, 2.05) is 6.92 Å². The number of hydrogen-bond acceptors (Lipinski definition) is 4. The summed E-state index contributed by atoms with van der Waals surface area (Å²) in [4.78, 5) is 0. The summed E-state index contributed by atoms with van der Waals surface area (Å²) in [5, 5.41) is 15.9. The van der Waals surface area contributed by atoms with Gasteiger partial charge >= 0.3 is 0 Å². The summed E-state index contributed by atoms with van der Waals surface area (Å²) in [5.74, 6) is 0. The van der Waals surface area contributed by atoms with Crippen molar-refractivity contribution in [3.05, 3.63) is 0 Å². The molecule has 0 aliphatic heterocycles. The van der Waals surface area contributed by atoms with Crippen LogP contribution in [0.4, 0.5) is 0 Å². The first kappa shape index (κ1) is 8.62. The highest BCUT2D eigenvalue weighted by Gasteiger charge is 2.19. The van der Waals surface area contributed by atoms with Crippen LogP contribution in [0.2, 0.25) is 0 Å². The molecule has 0 rings (SSSR count). The lowest BCUT2D eigenvalue weighted by molar-refractivity contribution is -0.0799. The molecule has 0 aromatic heterocycles. The van der Waals surface area contributed by atoms with Crippen molar-refractivity contribution in [1.82, 2.24) is 0 Å². The second kappa shape index (κ2) is 3.61. The van der Waals surface area contributed by atoms with Crippen molar-refractivity contribution in [1.29, 1.82) is 0 Å². The van der Waals surface area contributed by atoms with Gasteiger partial charge in [-0.15, -0.1) is 11.7 Å². The predicted octanol–water partition coefficient (Wildman–Crippen LogP) is 1.00. The molecule has 0 radical (unpaired) electrons. The Morgan fingerprint density at radius 2 is 2.12 bits per heavy atom. The zero-order valence-electron chi connectivity index (χ0n) is 4.66. The molecule has 0 aliphatic rings. The van der Waals surface area contributed by atoms with Crippen molar-refractivity contribution < 1.29 is 10.2 Å². The first-order chi connectivity index (χ1) is 3.62. The Morgan fingerprint density at radius 3 is 2.25 bits per heavy atom. The highest BCUT2D eigenvalue weighted by molar-refractivity contribution is 8.69. The average Bonchev–Trinajstić information content (AvgIpc) is 1.67. The molecule has 0 saturated heterocycles. The average molecular weight is 154 g/mol. The Balaban J connectivity index is 3.37. The molecular weight excluding hydrogens is 144 g/mol. The van der Waals surface area contributed by atoms with Gasteiger partial charge in [0.15, 0.2) is 0 Å². The Bertz CT molecular complexity index is 65.1. The van der Waals surface area contributed by atoms with Crippen LogP contribution >= 0.6 is 22.5 Å². The SMILES string of the molecule is CCCC(O)(O)SS. The molecule has 0 bridgehead atoms. The molecular formula is C4H10O2S2. The Labute approximate surface area is 58.1 Å². The van der Waals surface area contributed by atoms with E-state index in [1.54, 1.807) is 0 Å². The second-order valence-electron chi connectivity index (χ2n) is 1.58. The minimum absolute atomic E-state index is 0.362. The van der Waals surface area contributed by atoms with E-state index < -0.39 is 5.12 Å². The molecule has 0 aromatic rings. The standard InChI is InChI=1S/C4H10O2S2/c1-2-3-4(5,6)8-7/h5-7H,2-3H2,1H3. The molecule has 0 amide bonds. The summed E-state index contributed by atoms with van der Waals surface area (Å²) in [6.07, 6.45) is 1.11. The number of hydrogen-bond donors (Lipinski definition) is 3. The summed E-state index contributed by atoms with van der Waals surface area (Å²) in [6, 6.07) is 0. The van der Waals surface area contributed by atoms with Crippen LogP contribution in [0.25, 0.3) is 0 Å². The molecule has 0 fully saturated rings. The van der Waals surface area contributed by atoms with Crippen LogP contribution in [0, 0.1) is 0 Å². The van der Waals surface area contributed by atoms with Gasteiger partial charge in [0, 0.05) is 6.42 Å². The van der Waals surface area contributed by atoms with Gasteiger partial charge in [-0.25, -0.2) is 0 Å². The first-order valence-electron chi connectivity index (χ1n) is 2.39. The zero-order chi connectivity index (χ0) is 6.62. The van der Waals surface area contributed by atoms with Gasteiger partial charge in [-0.3, -0.25) is 0 Å². The maximum absolute atomic E-state index is 8.77. The van der Waals surface area contributed by atoms with Gasteiger partial charge in [0.25, 0.3) is 0 Å². The number of rotatable bonds is 3. The van der Waals surface area contributed by atoms with Crippen molar-refractivity contribution in [3.63, 3.8) is 0 Å². The quantitative estimate of drug-likeness (QED) is 0.323. The summed E-state index contributed by atoms with van der Waals surface area (Å²) in [5.41, 5.74) is 0. The molecule has 2 N–H and O–H groups in total. The van der Waals surface area contributed by atoms with Crippen molar-refractivity contribution in [2.24, 2.45) is 0 Å². The van der Waals surface area contributed by atoms with Crippen LogP contribution in [-0.2, 0) is 0 Å². The monoisotopic (exact) mass is 154 g/mol. The molecule has 8 heavy (non-hydrogen) atoms. The fourth-order valence-electron chi connectivity index (χ4n) is 0.371. The molecule has 0 saturated carbocycles. The van der Waals surface area contributed by atoms with Gasteiger partial charge < -0.3 is 10.2 Å². The summed E-state index contributed by atoms with van der Waals surface area (Å²) in [6.45, 7) is 1.88. The van der Waals surface area contributed by atoms with Gasteiger partial charge in [0.05, 0.1) is 0 Å². The molecule has 0 aromatic carbocycles. The molecule has 0 aliphatic carbocycles. The van der Waals surface area contributed by atoms with Gasteiger partial charge in [-0.1, -0.05) is 13.3 Å². The third-order valence-electron chi connectivity index (χ3n) is 0.722. The third kappa shape index (κ3) is 3.60. The molecule has 0 atom stereocenters. The van der Waals surface area contributed by atoms with E-state index >= 15 is 0 Å². The molecule has 2 nitrogen and oxygen atoms in total. The van der Waals surface area contributed by atoms with E-state index in [0.29, 0.717) is 6.42 Å². The van der Waals surface area contributed by atoms with Crippen LogP contribution < -0.4 is 0 Å². The van der Waals surface area contributed by atoms with E-state index in [-0.39, 0.29) is 0 Å². The summed E-state index contributed by atoms with van der Waals surface area (Å²) < 4.78 is 0. The molecule has 4 heteroatoms. The van der Waals surface area contributed by atoms with Crippen molar-refractivity contribution in [3.8, 4) is 0 Å². The molecule has 0 unspecified atom stereocenters.